The fourth-order valence-corrected chi connectivity index (χ4v) is 4.48. The number of rotatable bonds is 2. The van der Waals surface area contributed by atoms with Gasteiger partial charge in [0, 0.05) is 20.1 Å². The molecule has 1 N–H and O–H groups in total. The predicted molar refractivity (Wildman–Crippen MR) is 104 cm³/mol. The van der Waals surface area contributed by atoms with Gasteiger partial charge in [-0.05, 0) is 62.1 Å². The number of amides is 2. The van der Waals surface area contributed by atoms with Crippen molar-refractivity contribution in [3.63, 3.8) is 0 Å². The van der Waals surface area contributed by atoms with Gasteiger partial charge < -0.3 is 14.8 Å². The molecule has 1 spiro atoms. The van der Waals surface area contributed by atoms with E-state index < -0.39 is 0 Å². The van der Waals surface area contributed by atoms with Gasteiger partial charge in [-0.25, -0.2) is 9.78 Å². The molecule has 2 aromatic rings. The number of carbonyl (C=O) groups excluding carboxylic acids is 1. The second kappa shape index (κ2) is 6.78. The van der Waals surface area contributed by atoms with Crippen LogP contribution in [0.3, 0.4) is 0 Å². The largest absolute Gasteiger partial charge is 0.331 e. The number of benzene rings is 1. The number of likely N-dealkylation sites (tertiary alicyclic amines) is 1. The van der Waals surface area contributed by atoms with E-state index in [1.807, 2.05) is 11.9 Å². The number of hydrogen-bond donors (Lipinski definition) is 1. The number of urea groups is 1. The molecule has 1 aromatic carbocycles. The lowest BCUT2D eigenvalue weighted by Crippen LogP contribution is -2.50. The number of aromatic nitrogens is 2. The number of hydrogen-bond acceptors (Lipinski definition) is 2. The summed E-state index contributed by atoms with van der Waals surface area (Å²) in [5, 5.41) is 3.09. The average molecular weight is 352 g/mol. The van der Waals surface area contributed by atoms with Gasteiger partial charge in [0.1, 0.15) is 5.82 Å². The third kappa shape index (κ3) is 3.22. The molecule has 26 heavy (non-hydrogen) atoms. The fraction of sp³-hybridized carbons (Fsp3) is 0.524. The number of piperidine rings is 1. The van der Waals surface area contributed by atoms with Crippen LogP contribution in [0, 0.1) is 12.3 Å². The van der Waals surface area contributed by atoms with Gasteiger partial charge in [0.05, 0.1) is 17.6 Å². The SMILES string of the molecule is Cc1ccc2c(c1)nc(CNC(=O)N1CCCC3(CC=CCC3)C1)n2C. The van der Waals surface area contributed by atoms with E-state index >= 15 is 0 Å². The number of imidazole rings is 1. The van der Waals surface area contributed by atoms with Crippen LogP contribution in [0.15, 0.2) is 30.4 Å². The van der Waals surface area contributed by atoms with Crippen LogP contribution in [0.4, 0.5) is 4.79 Å². The molecule has 1 saturated heterocycles. The molecule has 4 rings (SSSR count). The topological polar surface area (TPSA) is 50.2 Å². The highest BCUT2D eigenvalue weighted by molar-refractivity contribution is 5.77. The van der Waals surface area contributed by atoms with Gasteiger partial charge in [-0.3, -0.25) is 0 Å². The molecule has 138 valence electrons. The minimum Gasteiger partial charge on any atom is -0.331 e. The third-order valence-corrected chi connectivity index (χ3v) is 6.03. The standard InChI is InChI=1S/C21H28N4O/c1-16-7-8-18-17(13-16)23-19(24(18)2)14-22-20(26)25-12-6-11-21(15-25)9-4-3-5-10-21/h3-4,7-8,13H,5-6,9-12,14-15H2,1-2H3,(H,22,26). The number of allylic oxidation sites excluding steroid dienone is 2. The smallest absolute Gasteiger partial charge is 0.317 e. The highest BCUT2D eigenvalue weighted by atomic mass is 16.2. The first-order chi connectivity index (χ1) is 12.6. The van der Waals surface area contributed by atoms with E-state index in [0.29, 0.717) is 12.0 Å². The van der Waals surface area contributed by atoms with Crippen molar-refractivity contribution in [3.8, 4) is 0 Å². The van der Waals surface area contributed by atoms with Crippen LogP contribution in [0.2, 0.25) is 0 Å². The minimum atomic E-state index is 0.0434. The number of carbonyl (C=O) groups is 1. The second-order valence-electron chi connectivity index (χ2n) is 7.98. The van der Waals surface area contributed by atoms with E-state index in [1.165, 1.54) is 18.4 Å². The molecule has 2 aliphatic rings. The molecule has 1 aromatic heterocycles. The van der Waals surface area contributed by atoms with Crippen LogP contribution in [0.25, 0.3) is 11.0 Å². The normalized spacial score (nSPS) is 22.9. The lowest BCUT2D eigenvalue weighted by molar-refractivity contribution is 0.0957. The maximum absolute atomic E-state index is 12.7. The summed E-state index contributed by atoms with van der Waals surface area (Å²) in [6, 6.07) is 6.32. The summed E-state index contributed by atoms with van der Waals surface area (Å²) in [6.07, 6.45) is 10.4. The summed E-state index contributed by atoms with van der Waals surface area (Å²) in [4.78, 5) is 19.4. The van der Waals surface area contributed by atoms with Crippen LogP contribution >= 0.6 is 0 Å². The zero-order chi connectivity index (χ0) is 18.1. The first-order valence-corrected chi connectivity index (χ1v) is 9.66. The first-order valence-electron chi connectivity index (χ1n) is 9.66. The van der Waals surface area contributed by atoms with Crippen LogP contribution < -0.4 is 5.32 Å². The summed E-state index contributed by atoms with van der Waals surface area (Å²) in [5.41, 5.74) is 3.60. The Balaban J connectivity index is 1.42. The predicted octanol–water partition coefficient (Wildman–Crippen LogP) is 3.91. The van der Waals surface area contributed by atoms with Crippen molar-refractivity contribution in [2.75, 3.05) is 13.1 Å². The number of nitrogens with zero attached hydrogens (tertiary/aromatic N) is 3. The second-order valence-corrected chi connectivity index (χ2v) is 7.98. The van der Waals surface area contributed by atoms with E-state index in [-0.39, 0.29) is 6.03 Å². The zero-order valence-electron chi connectivity index (χ0n) is 15.8. The number of aryl methyl sites for hydroxylation is 2. The van der Waals surface area contributed by atoms with Gasteiger partial charge in [0.15, 0.2) is 0 Å². The molecule has 1 aliphatic carbocycles. The van der Waals surface area contributed by atoms with Crippen molar-refractivity contribution in [1.29, 1.82) is 0 Å². The lowest BCUT2D eigenvalue weighted by atomic mass is 9.71. The van der Waals surface area contributed by atoms with Crippen LogP contribution in [0.5, 0.6) is 0 Å². The van der Waals surface area contributed by atoms with E-state index in [9.17, 15) is 4.79 Å². The molecule has 1 fully saturated rings. The molecule has 5 heteroatoms. The molecule has 2 heterocycles. The van der Waals surface area contributed by atoms with Crippen molar-refractivity contribution in [3.05, 3.63) is 41.7 Å². The van der Waals surface area contributed by atoms with Crippen molar-refractivity contribution in [1.82, 2.24) is 19.8 Å². The van der Waals surface area contributed by atoms with Gasteiger partial charge in [-0.15, -0.1) is 0 Å². The zero-order valence-corrected chi connectivity index (χ0v) is 15.8. The molecular formula is C21H28N4O. The molecular weight excluding hydrogens is 324 g/mol. The van der Waals surface area contributed by atoms with Crippen molar-refractivity contribution in [2.24, 2.45) is 12.5 Å². The lowest BCUT2D eigenvalue weighted by Gasteiger charge is -2.43. The van der Waals surface area contributed by atoms with E-state index in [0.717, 1.165) is 49.2 Å². The van der Waals surface area contributed by atoms with Crippen molar-refractivity contribution in [2.45, 2.75) is 45.6 Å². The van der Waals surface area contributed by atoms with E-state index in [1.54, 1.807) is 0 Å². The van der Waals surface area contributed by atoms with E-state index in [2.05, 4.69) is 47.2 Å². The average Bonchev–Trinajstić information content (AvgIpc) is 2.95. The molecule has 1 unspecified atom stereocenters. The monoisotopic (exact) mass is 352 g/mol. The van der Waals surface area contributed by atoms with Gasteiger partial charge in [0.25, 0.3) is 0 Å². The third-order valence-electron chi connectivity index (χ3n) is 6.03. The van der Waals surface area contributed by atoms with Crippen molar-refractivity contribution < 1.29 is 4.79 Å². The molecule has 5 nitrogen and oxygen atoms in total. The Hall–Kier alpha value is -2.30. The van der Waals surface area contributed by atoms with Gasteiger partial charge >= 0.3 is 6.03 Å². The van der Waals surface area contributed by atoms with Gasteiger partial charge in [-0.2, -0.15) is 0 Å². The Labute approximate surface area is 155 Å². The summed E-state index contributed by atoms with van der Waals surface area (Å²) >= 11 is 0. The fourth-order valence-electron chi connectivity index (χ4n) is 4.48. The van der Waals surface area contributed by atoms with Crippen LogP contribution in [0.1, 0.15) is 43.5 Å². The highest BCUT2D eigenvalue weighted by Crippen LogP contribution is 2.40. The molecule has 0 radical (unpaired) electrons. The Bertz CT molecular complexity index is 853. The number of fused-ring (bicyclic) bond motifs is 1. The molecule has 0 bridgehead atoms. The summed E-state index contributed by atoms with van der Waals surface area (Å²) in [6.45, 7) is 4.28. The highest BCUT2D eigenvalue weighted by Gasteiger charge is 2.36. The maximum Gasteiger partial charge on any atom is 0.317 e. The Morgan fingerprint density at radius 2 is 2.19 bits per heavy atom. The van der Waals surface area contributed by atoms with Crippen molar-refractivity contribution >= 4 is 17.1 Å². The molecule has 1 atom stereocenters. The quantitative estimate of drug-likeness (QED) is 0.833. The molecule has 1 aliphatic heterocycles. The van der Waals surface area contributed by atoms with Gasteiger partial charge in [-0.1, -0.05) is 18.2 Å². The summed E-state index contributed by atoms with van der Waals surface area (Å²) in [7, 11) is 2.01. The molecule has 0 saturated carbocycles. The van der Waals surface area contributed by atoms with Gasteiger partial charge in [0.2, 0.25) is 0 Å². The van der Waals surface area contributed by atoms with Crippen LogP contribution in [-0.4, -0.2) is 33.6 Å². The van der Waals surface area contributed by atoms with E-state index in [4.69, 9.17) is 4.98 Å². The Morgan fingerprint density at radius 3 is 3.00 bits per heavy atom. The summed E-state index contributed by atoms with van der Waals surface area (Å²) < 4.78 is 2.07. The Morgan fingerprint density at radius 1 is 1.31 bits per heavy atom. The minimum absolute atomic E-state index is 0.0434. The summed E-state index contributed by atoms with van der Waals surface area (Å²) in [5.74, 6) is 0.895. The van der Waals surface area contributed by atoms with Crippen LogP contribution in [-0.2, 0) is 13.6 Å². The molecule has 2 amide bonds. The number of nitrogens with one attached hydrogen (secondary N) is 1. The Kier molecular flexibility index (Phi) is 4.47. The maximum atomic E-state index is 12.7. The first kappa shape index (κ1) is 17.1.